The van der Waals surface area contributed by atoms with Crippen molar-refractivity contribution in [1.29, 1.82) is 0 Å². The first-order chi connectivity index (χ1) is 7.38. The summed E-state index contributed by atoms with van der Waals surface area (Å²) >= 11 is 9.53. The smallest absolute Gasteiger partial charge is 0.210 e. The molecule has 0 saturated carbocycles. The van der Waals surface area contributed by atoms with Crippen LogP contribution >= 0.6 is 23.2 Å². The fourth-order valence-electron chi connectivity index (χ4n) is 1.06. The Labute approximate surface area is 99.5 Å². The summed E-state index contributed by atoms with van der Waals surface area (Å²) in [5, 5.41) is 8.45. The zero-order valence-electron chi connectivity index (χ0n) is 8.45. The summed E-state index contributed by atoms with van der Waals surface area (Å²) in [6.45, 7) is 0. The highest BCUT2D eigenvalue weighted by Crippen LogP contribution is 2.04. The van der Waals surface area contributed by atoms with Crippen LogP contribution in [0, 0.1) is 0 Å². The number of benzene rings is 1. The molecule has 2 N–H and O–H groups in total. The number of hydrogen-bond acceptors (Lipinski definition) is 1. The van der Waals surface area contributed by atoms with Crippen LogP contribution in [0.5, 0.6) is 0 Å². The first kappa shape index (κ1) is 14.2. The van der Waals surface area contributed by atoms with Crippen molar-refractivity contribution in [2.75, 3.05) is 12.4 Å². The number of aromatic nitrogens is 1. The number of rotatable bonds is 0. The molecule has 0 aliphatic rings. The number of H-pyrrole nitrogens is 1. The lowest BCUT2D eigenvalue weighted by molar-refractivity contribution is -0.344. The number of pyridine rings is 1. The number of nitrogens with one attached hydrogen (secondary N) is 1. The first-order valence-electron chi connectivity index (χ1n) is 4.30. The molecule has 0 fully saturated rings. The van der Waals surface area contributed by atoms with Crippen LogP contribution in [0.25, 0.3) is 10.9 Å². The topological polar surface area (TPSA) is 34.4 Å². The molecule has 0 spiro atoms. The van der Waals surface area contributed by atoms with E-state index in [1.165, 1.54) is 10.9 Å². The quantitative estimate of drug-likeness (QED) is 0.713. The molecule has 2 rings (SSSR count). The van der Waals surface area contributed by atoms with E-state index in [0.717, 1.165) is 7.11 Å². The lowest BCUT2D eigenvalue weighted by Gasteiger charge is -1.85. The van der Waals surface area contributed by atoms with Crippen molar-refractivity contribution in [2.24, 2.45) is 0 Å². The molecule has 1 heterocycles. The molecule has 0 aliphatic carbocycles. The van der Waals surface area contributed by atoms with Gasteiger partial charge in [-0.1, -0.05) is 12.1 Å². The van der Waals surface area contributed by atoms with Gasteiger partial charge in [-0.15, -0.1) is 23.2 Å². The van der Waals surface area contributed by atoms with Gasteiger partial charge in [0, 0.05) is 24.6 Å². The molecule has 0 unspecified atom stereocenters. The predicted octanol–water partition coefficient (Wildman–Crippen LogP) is 2.68. The fraction of sp³-hybridized carbons (Fsp3) is 0.182. The summed E-state index contributed by atoms with van der Waals surface area (Å²) in [6, 6.07) is 12.3. The van der Waals surface area contributed by atoms with Crippen molar-refractivity contribution >= 4 is 34.1 Å². The van der Waals surface area contributed by atoms with Gasteiger partial charge in [0.2, 0.25) is 5.52 Å². The van der Waals surface area contributed by atoms with Crippen molar-refractivity contribution in [3.05, 3.63) is 42.6 Å². The number of alkyl halides is 2. The molecule has 0 bridgehead atoms. The fourth-order valence-corrected chi connectivity index (χ4v) is 1.06. The van der Waals surface area contributed by atoms with Crippen LogP contribution in [0.15, 0.2) is 42.6 Å². The summed E-state index contributed by atoms with van der Waals surface area (Å²) in [5.74, 6) is 0. The summed E-state index contributed by atoms with van der Waals surface area (Å²) in [4.78, 5) is 3.15. The van der Waals surface area contributed by atoms with E-state index in [-0.39, 0.29) is 5.34 Å². The SMILES string of the molecule is CO.ClCCl.c1ccc2[nH+]cccc2c1. The molecule has 2 nitrogen and oxygen atoms in total. The van der Waals surface area contributed by atoms with E-state index in [4.69, 9.17) is 28.3 Å². The Morgan fingerprint density at radius 1 is 1.07 bits per heavy atom. The lowest BCUT2D eigenvalue weighted by atomic mass is 10.2. The summed E-state index contributed by atoms with van der Waals surface area (Å²) in [7, 11) is 1.00. The average molecular weight is 247 g/mol. The summed E-state index contributed by atoms with van der Waals surface area (Å²) in [5.41, 5.74) is 1.19. The number of aliphatic hydroxyl groups excluding tert-OH is 1. The van der Waals surface area contributed by atoms with E-state index in [1.807, 2.05) is 24.4 Å². The third-order valence-electron chi connectivity index (χ3n) is 1.57. The van der Waals surface area contributed by atoms with Crippen molar-refractivity contribution in [2.45, 2.75) is 0 Å². The van der Waals surface area contributed by atoms with Gasteiger partial charge < -0.3 is 5.11 Å². The second kappa shape index (κ2) is 9.71. The van der Waals surface area contributed by atoms with Gasteiger partial charge in [0.15, 0.2) is 6.20 Å². The number of para-hydroxylation sites is 1. The highest BCUT2D eigenvalue weighted by atomic mass is 35.5. The van der Waals surface area contributed by atoms with E-state index < -0.39 is 0 Å². The minimum absolute atomic E-state index is 0.194. The normalized spacial score (nSPS) is 8.27. The second-order valence-corrected chi connectivity index (χ2v) is 3.17. The molecular weight excluding hydrogens is 233 g/mol. The number of aliphatic hydroxyl groups is 1. The minimum atomic E-state index is 0.194. The van der Waals surface area contributed by atoms with Crippen LogP contribution in [0.2, 0.25) is 0 Å². The summed E-state index contributed by atoms with van der Waals surface area (Å²) < 4.78 is 0. The molecule has 15 heavy (non-hydrogen) atoms. The van der Waals surface area contributed by atoms with Gasteiger partial charge in [0.25, 0.3) is 0 Å². The van der Waals surface area contributed by atoms with Crippen LogP contribution in [0.1, 0.15) is 0 Å². The maximum absolute atomic E-state index is 7.00. The Balaban J connectivity index is 0.000000342. The van der Waals surface area contributed by atoms with Gasteiger partial charge in [-0.3, -0.25) is 0 Å². The monoisotopic (exact) mass is 246 g/mol. The molecular formula is C11H14Cl2NO+. The van der Waals surface area contributed by atoms with Gasteiger partial charge in [-0.05, 0) is 12.1 Å². The summed E-state index contributed by atoms with van der Waals surface area (Å²) in [6.07, 6.45) is 1.93. The van der Waals surface area contributed by atoms with Crippen molar-refractivity contribution < 1.29 is 10.1 Å². The number of aromatic amines is 1. The predicted molar refractivity (Wildman–Crippen MR) is 65.2 cm³/mol. The lowest BCUT2D eigenvalue weighted by Crippen LogP contribution is -1.99. The molecule has 0 amide bonds. The van der Waals surface area contributed by atoms with Crippen LogP contribution < -0.4 is 4.98 Å². The number of fused-ring (bicyclic) bond motifs is 1. The molecule has 0 radical (unpaired) electrons. The average Bonchev–Trinajstić information content (AvgIpc) is 2.33. The Bertz CT molecular complexity index is 303. The minimum Gasteiger partial charge on any atom is -0.400 e. The van der Waals surface area contributed by atoms with E-state index in [2.05, 4.69) is 23.2 Å². The Morgan fingerprint density at radius 2 is 1.60 bits per heavy atom. The van der Waals surface area contributed by atoms with Crippen LogP contribution in [-0.2, 0) is 0 Å². The van der Waals surface area contributed by atoms with E-state index in [0.29, 0.717) is 0 Å². The zero-order valence-corrected chi connectivity index (χ0v) is 9.96. The molecule has 1 aromatic heterocycles. The molecule has 0 atom stereocenters. The second-order valence-electron chi connectivity index (χ2n) is 2.36. The van der Waals surface area contributed by atoms with Crippen LogP contribution in [0.3, 0.4) is 0 Å². The maximum Gasteiger partial charge on any atom is 0.210 e. The molecule has 0 aliphatic heterocycles. The Kier molecular flexibility index (Phi) is 9.18. The van der Waals surface area contributed by atoms with Crippen molar-refractivity contribution in [3.8, 4) is 0 Å². The molecule has 4 heteroatoms. The van der Waals surface area contributed by atoms with Crippen molar-refractivity contribution in [3.63, 3.8) is 0 Å². The highest BCUT2D eigenvalue weighted by Gasteiger charge is 1.92. The Hall–Kier alpha value is -0.830. The standard InChI is InChI=1S/C9H7N.CH2Cl2.CH4O/c1-2-6-9-8(4-1)5-3-7-10-9;2-1-3;1-2/h1-7H;1H2;2H,1H3/p+1. The number of halogens is 2. The maximum atomic E-state index is 7.00. The third kappa shape index (κ3) is 5.57. The van der Waals surface area contributed by atoms with Crippen molar-refractivity contribution in [1.82, 2.24) is 0 Å². The van der Waals surface area contributed by atoms with Gasteiger partial charge >= 0.3 is 0 Å². The van der Waals surface area contributed by atoms with E-state index in [1.54, 1.807) is 0 Å². The Morgan fingerprint density at radius 3 is 2.20 bits per heavy atom. The van der Waals surface area contributed by atoms with E-state index in [9.17, 15) is 0 Å². The molecule has 82 valence electrons. The van der Waals surface area contributed by atoms with E-state index >= 15 is 0 Å². The third-order valence-corrected chi connectivity index (χ3v) is 1.57. The van der Waals surface area contributed by atoms with Gasteiger partial charge in [-0.25, -0.2) is 4.98 Å². The molecule has 2 aromatic rings. The first-order valence-corrected chi connectivity index (χ1v) is 5.37. The highest BCUT2D eigenvalue weighted by molar-refractivity contribution is 6.40. The number of hydrogen-bond donors (Lipinski definition) is 1. The van der Waals surface area contributed by atoms with Gasteiger partial charge in [0.05, 0.1) is 5.34 Å². The zero-order chi connectivity index (χ0) is 11.5. The van der Waals surface area contributed by atoms with Gasteiger partial charge in [-0.2, -0.15) is 0 Å². The molecule has 0 saturated heterocycles. The van der Waals surface area contributed by atoms with Gasteiger partial charge in [0.1, 0.15) is 0 Å². The van der Waals surface area contributed by atoms with Crippen LogP contribution in [-0.4, -0.2) is 17.6 Å². The van der Waals surface area contributed by atoms with Crippen LogP contribution in [0.4, 0.5) is 0 Å². The molecule has 1 aromatic carbocycles. The largest absolute Gasteiger partial charge is 0.400 e.